The normalized spacial score (nSPS) is 13.5. The van der Waals surface area contributed by atoms with E-state index in [2.05, 4.69) is 63.6 Å². The molecule has 0 saturated carbocycles. The summed E-state index contributed by atoms with van der Waals surface area (Å²) in [6, 6.07) is 24.3. The molecule has 1 aliphatic rings. The van der Waals surface area contributed by atoms with Gasteiger partial charge in [0.1, 0.15) is 5.69 Å². The van der Waals surface area contributed by atoms with Crippen LogP contribution in [-0.4, -0.2) is 47.1 Å². The molecule has 0 unspecified atom stereocenters. The summed E-state index contributed by atoms with van der Waals surface area (Å²) in [7, 11) is 0. The molecule has 1 aliphatic heterocycles. The highest BCUT2D eigenvalue weighted by Crippen LogP contribution is 2.37. The first kappa shape index (κ1) is 22.5. The van der Waals surface area contributed by atoms with Crippen LogP contribution in [0.2, 0.25) is 10.0 Å². The van der Waals surface area contributed by atoms with E-state index in [-0.39, 0.29) is 6.61 Å². The number of rotatable bonds is 8. The molecular formula is C25H26Cl2N4O. The van der Waals surface area contributed by atoms with Crippen LogP contribution in [0, 0.1) is 0 Å². The van der Waals surface area contributed by atoms with Crippen LogP contribution in [0.25, 0.3) is 0 Å². The van der Waals surface area contributed by atoms with Gasteiger partial charge < -0.3 is 20.2 Å². The smallest absolute Gasteiger partial charge is 0.202 e. The van der Waals surface area contributed by atoms with Crippen molar-refractivity contribution in [2.45, 2.75) is 13.1 Å². The van der Waals surface area contributed by atoms with Crippen molar-refractivity contribution in [1.82, 2.24) is 9.80 Å². The minimum Gasteiger partial charge on any atom is -0.395 e. The molecule has 5 nitrogen and oxygen atoms in total. The van der Waals surface area contributed by atoms with Crippen molar-refractivity contribution < 1.29 is 5.11 Å². The van der Waals surface area contributed by atoms with Gasteiger partial charge in [0.2, 0.25) is 5.96 Å². The SMILES string of the molecule is OCCNc1cc(Cl)c(N=C2N(Cc3ccccc3)CCN2Cc2ccccc2)c(Cl)c1. The first-order chi connectivity index (χ1) is 15.6. The van der Waals surface area contributed by atoms with Gasteiger partial charge in [0.15, 0.2) is 0 Å². The third kappa shape index (κ3) is 5.54. The summed E-state index contributed by atoms with van der Waals surface area (Å²) in [4.78, 5) is 9.49. The minimum absolute atomic E-state index is 0.0299. The molecule has 1 heterocycles. The molecule has 0 bridgehead atoms. The van der Waals surface area contributed by atoms with Gasteiger partial charge in [0, 0.05) is 38.4 Å². The lowest BCUT2D eigenvalue weighted by Gasteiger charge is -2.24. The second-order valence-corrected chi connectivity index (χ2v) is 8.48. The zero-order valence-corrected chi connectivity index (χ0v) is 19.2. The Morgan fingerprint density at radius 2 is 1.31 bits per heavy atom. The number of nitrogens with zero attached hydrogens (tertiary/aromatic N) is 3. The van der Waals surface area contributed by atoms with Crippen molar-refractivity contribution >= 4 is 40.5 Å². The Balaban J connectivity index is 1.66. The largest absolute Gasteiger partial charge is 0.395 e. The summed E-state index contributed by atoms with van der Waals surface area (Å²) >= 11 is 13.2. The van der Waals surface area contributed by atoms with E-state index in [4.69, 9.17) is 33.3 Å². The number of aliphatic hydroxyl groups is 1. The van der Waals surface area contributed by atoms with Crippen LogP contribution in [-0.2, 0) is 13.1 Å². The van der Waals surface area contributed by atoms with Gasteiger partial charge in [-0.1, -0.05) is 83.9 Å². The van der Waals surface area contributed by atoms with Gasteiger partial charge in [-0.25, -0.2) is 4.99 Å². The van der Waals surface area contributed by atoms with Crippen molar-refractivity contribution in [3.8, 4) is 0 Å². The van der Waals surface area contributed by atoms with E-state index in [0.717, 1.165) is 37.8 Å². The number of aliphatic imine (C=N–C) groups is 1. The van der Waals surface area contributed by atoms with E-state index < -0.39 is 0 Å². The van der Waals surface area contributed by atoms with Gasteiger partial charge >= 0.3 is 0 Å². The Kier molecular flexibility index (Phi) is 7.53. The first-order valence-corrected chi connectivity index (χ1v) is 11.4. The quantitative estimate of drug-likeness (QED) is 0.464. The number of aliphatic hydroxyl groups excluding tert-OH is 1. The number of hydrogen-bond donors (Lipinski definition) is 2. The second-order valence-electron chi connectivity index (χ2n) is 7.66. The van der Waals surface area contributed by atoms with Crippen molar-refractivity contribution in [3.63, 3.8) is 0 Å². The van der Waals surface area contributed by atoms with Crippen molar-refractivity contribution in [1.29, 1.82) is 0 Å². The van der Waals surface area contributed by atoms with E-state index in [1.807, 2.05) is 12.1 Å². The molecule has 32 heavy (non-hydrogen) atoms. The molecule has 2 N–H and O–H groups in total. The van der Waals surface area contributed by atoms with E-state index in [9.17, 15) is 0 Å². The van der Waals surface area contributed by atoms with Crippen molar-refractivity contribution in [2.75, 3.05) is 31.6 Å². The van der Waals surface area contributed by atoms with Crippen LogP contribution in [0.4, 0.5) is 11.4 Å². The maximum Gasteiger partial charge on any atom is 0.202 e. The molecule has 166 valence electrons. The zero-order chi connectivity index (χ0) is 22.3. The van der Waals surface area contributed by atoms with E-state index >= 15 is 0 Å². The standard InChI is InChI=1S/C25H26Cl2N4O/c26-22-15-21(28-11-14-32)16-23(27)24(22)29-25-30(17-19-7-3-1-4-8-19)12-13-31(25)18-20-9-5-2-6-10-20/h1-10,15-16,28,32H,11-14,17-18H2. The molecule has 0 spiro atoms. The van der Waals surface area contributed by atoms with Gasteiger partial charge in [-0.05, 0) is 23.3 Å². The van der Waals surface area contributed by atoms with Crippen LogP contribution < -0.4 is 5.32 Å². The Hall–Kier alpha value is -2.73. The molecule has 0 amide bonds. The highest BCUT2D eigenvalue weighted by Gasteiger charge is 2.27. The highest BCUT2D eigenvalue weighted by molar-refractivity contribution is 6.39. The summed E-state index contributed by atoms with van der Waals surface area (Å²) in [5.74, 6) is 0.859. The Labute approximate surface area is 198 Å². The van der Waals surface area contributed by atoms with Gasteiger partial charge in [0.05, 0.1) is 16.7 Å². The van der Waals surface area contributed by atoms with Crippen LogP contribution in [0.1, 0.15) is 11.1 Å². The fourth-order valence-electron chi connectivity index (χ4n) is 3.76. The van der Waals surface area contributed by atoms with Crippen molar-refractivity contribution in [2.24, 2.45) is 4.99 Å². The summed E-state index contributed by atoms with van der Waals surface area (Å²) < 4.78 is 0. The maximum atomic E-state index is 9.05. The van der Waals surface area contributed by atoms with Crippen LogP contribution in [0.15, 0.2) is 77.8 Å². The molecule has 7 heteroatoms. The van der Waals surface area contributed by atoms with Gasteiger partial charge in [-0.15, -0.1) is 0 Å². The Morgan fingerprint density at radius 3 is 1.78 bits per heavy atom. The summed E-state index contributed by atoms with van der Waals surface area (Å²) in [5.41, 5.74) is 3.76. The lowest BCUT2D eigenvalue weighted by Crippen LogP contribution is -2.33. The van der Waals surface area contributed by atoms with Gasteiger partial charge in [-0.2, -0.15) is 0 Å². The number of halogens is 2. The number of hydrogen-bond acceptors (Lipinski definition) is 3. The monoisotopic (exact) mass is 468 g/mol. The number of benzene rings is 3. The molecule has 1 saturated heterocycles. The van der Waals surface area contributed by atoms with E-state index in [1.165, 1.54) is 11.1 Å². The molecule has 0 aromatic heterocycles. The first-order valence-electron chi connectivity index (χ1n) is 10.6. The lowest BCUT2D eigenvalue weighted by atomic mass is 10.2. The molecule has 0 radical (unpaired) electrons. The Bertz CT molecular complexity index is 986. The molecular weight excluding hydrogens is 443 g/mol. The van der Waals surface area contributed by atoms with Gasteiger partial charge in [0.25, 0.3) is 0 Å². The predicted octanol–water partition coefficient (Wildman–Crippen LogP) is 5.40. The number of guanidine groups is 1. The summed E-state index contributed by atoms with van der Waals surface area (Å²) in [6.45, 7) is 3.71. The zero-order valence-electron chi connectivity index (χ0n) is 17.7. The third-order valence-corrected chi connectivity index (χ3v) is 5.88. The fraction of sp³-hybridized carbons (Fsp3) is 0.240. The molecule has 0 aliphatic carbocycles. The lowest BCUT2D eigenvalue weighted by molar-refractivity contribution is 0.311. The predicted molar refractivity (Wildman–Crippen MR) is 133 cm³/mol. The molecule has 1 fully saturated rings. The average Bonchev–Trinajstić information content (AvgIpc) is 3.16. The highest BCUT2D eigenvalue weighted by atomic mass is 35.5. The van der Waals surface area contributed by atoms with E-state index in [0.29, 0.717) is 22.3 Å². The second kappa shape index (κ2) is 10.7. The molecule has 3 aromatic rings. The van der Waals surface area contributed by atoms with Crippen LogP contribution >= 0.6 is 23.2 Å². The summed E-state index contributed by atoms with van der Waals surface area (Å²) in [5, 5.41) is 13.1. The van der Waals surface area contributed by atoms with Gasteiger partial charge in [-0.3, -0.25) is 0 Å². The number of nitrogens with one attached hydrogen (secondary N) is 1. The molecule has 0 atom stereocenters. The summed E-state index contributed by atoms with van der Waals surface area (Å²) in [6.07, 6.45) is 0. The maximum absolute atomic E-state index is 9.05. The third-order valence-electron chi connectivity index (χ3n) is 5.31. The van der Waals surface area contributed by atoms with E-state index in [1.54, 1.807) is 12.1 Å². The molecule has 3 aromatic carbocycles. The van der Waals surface area contributed by atoms with Crippen molar-refractivity contribution in [3.05, 3.63) is 94.0 Å². The average molecular weight is 469 g/mol. The minimum atomic E-state index is 0.0299. The topological polar surface area (TPSA) is 51.1 Å². The molecule has 4 rings (SSSR count). The van der Waals surface area contributed by atoms with Crippen LogP contribution in [0.5, 0.6) is 0 Å². The number of anilines is 1. The Morgan fingerprint density at radius 1 is 0.812 bits per heavy atom. The fourth-order valence-corrected chi connectivity index (χ4v) is 4.34. The van der Waals surface area contributed by atoms with Crippen LogP contribution in [0.3, 0.4) is 0 Å².